The highest BCUT2D eigenvalue weighted by Crippen LogP contribution is 2.43. The van der Waals surface area contributed by atoms with E-state index in [0.717, 1.165) is 57.8 Å². The highest BCUT2D eigenvalue weighted by Gasteiger charge is 2.27. The van der Waals surface area contributed by atoms with Gasteiger partial charge in [-0.3, -0.25) is 18.6 Å². The molecule has 0 saturated carbocycles. The van der Waals surface area contributed by atoms with E-state index in [1.807, 2.05) is 33.3 Å². The number of nitrogens with zero attached hydrogens (tertiary/aromatic N) is 1. The number of likely N-dealkylation sites (N-methyl/N-ethyl adjacent to an activating group) is 1. The van der Waals surface area contributed by atoms with Gasteiger partial charge in [-0.15, -0.1) is 0 Å². The number of hydrogen-bond donors (Lipinski definition) is 1. The van der Waals surface area contributed by atoms with E-state index in [9.17, 15) is 19.0 Å². The molecule has 9 nitrogen and oxygen atoms in total. The molecule has 328 valence electrons. The predicted molar refractivity (Wildman–Crippen MR) is 238 cm³/mol. The maximum atomic E-state index is 12.7. The molecular weight excluding hydrogens is 737 g/mol. The lowest BCUT2D eigenvalue weighted by atomic mass is 10.0. The molecule has 0 aliphatic heterocycles. The van der Waals surface area contributed by atoms with Crippen LogP contribution in [0.4, 0.5) is 0 Å². The second-order valence-corrected chi connectivity index (χ2v) is 17.2. The molecule has 0 rings (SSSR count). The minimum Gasteiger partial charge on any atom is -0.462 e. The van der Waals surface area contributed by atoms with Gasteiger partial charge in [0.15, 0.2) is 6.10 Å². The summed E-state index contributed by atoms with van der Waals surface area (Å²) >= 11 is 0. The van der Waals surface area contributed by atoms with Gasteiger partial charge >= 0.3 is 19.8 Å². The fourth-order valence-electron chi connectivity index (χ4n) is 5.57. The zero-order chi connectivity index (χ0) is 42.1. The first-order valence-corrected chi connectivity index (χ1v) is 23.7. The van der Waals surface area contributed by atoms with Crippen molar-refractivity contribution in [1.82, 2.24) is 0 Å². The van der Waals surface area contributed by atoms with E-state index < -0.39 is 26.5 Å². The van der Waals surface area contributed by atoms with Crippen LogP contribution >= 0.6 is 7.82 Å². The molecule has 1 N–H and O–H groups in total. The normalized spacial score (nSPS) is 14.3. The summed E-state index contributed by atoms with van der Waals surface area (Å²) in [5, 5.41) is 0. The number of esters is 2. The number of phosphoric ester groups is 1. The van der Waals surface area contributed by atoms with Crippen LogP contribution in [0.25, 0.3) is 0 Å². The van der Waals surface area contributed by atoms with Crippen molar-refractivity contribution >= 4 is 19.8 Å². The number of carbonyl (C=O) groups excluding carboxylic acids is 2. The third kappa shape index (κ3) is 42.9. The van der Waals surface area contributed by atoms with E-state index >= 15 is 0 Å². The van der Waals surface area contributed by atoms with E-state index in [1.54, 1.807) is 0 Å². The number of hydrogen-bond acceptors (Lipinski definition) is 7. The molecule has 0 spiro atoms. The van der Waals surface area contributed by atoms with E-state index in [4.69, 9.17) is 18.5 Å². The number of carbonyl (C=O) groups is 2. The Labute approximate surface area is 348 Å². The first-order valence-electron chi connectivity index (χ1n) is 22.2. The minimum absolute atomic E-state index is 0.0157. The van der Waals surface area contributed by atoms with Crippen molar-refractivity contribution < 1.29 is 42.1 Å². The molecule has 2 unspecified atom stereocenters. The van der Waals surface area contributed by atoms with Crippen molar-refractivity contribution in [2.24, 2.45) is 0 Å². The van der Waals surface area contributed by atoms with Gasteiger partial charge in [0.1, 0.15) is 19.8 Å². The quantitative estimate of drug-likeness (QED) is 0.0215. The summed E-state index contributed by atoms with van der Waals surface area (Å²) in [7, 11) is 1.42. The Morgan fingerprint density at radius 2 is 1.00 bits per heavy atom. The van der Waals surface area contributed by atoms with Crippen LogP contribution in [0.2, 0.25) is 0 Å². The summed E-state index contributed by atoms with van der Waals surface area (Å²) in [6.07, 6.45) is 48.2. The average Bonchev–Trinajstić information content (AvgIpc) is 3.16. The molecule has 2 atom stereocenters. The Hall–Kier alpha value is -2.55. The number of unbranched alkanes of at least 4 members (excludes halogenated alkanes) is 13. The van der Waals surface area contributed by atoms with Gasteiger partial charge < -0.3 is 18.9 Å². The number of allylic oxidation sites excluding steroid dienone is 12. The summed E-state index contributed by atoms with van der Waals surface area (Å²) < 4.78 is 34.2. The molecule has 0 amide bonds. The fourth-order valence-corrected chi connectivity index (χ4v) is 6.31. The van der Waals surface area contributed by atoms with Gasteiger partial charge in [0, 0.05) is 12.8 Å². The van der Waals surface area contributed by atoms with Gasteiger partial charge in [-0.25, -0.2) is 4.57 Å². The lowest BCUT2D eigenvalue weighted by Gasteiger charge is -2.24. The Morgan fingerprint density at radius 1 is 0.561 bits per heavy atom. The van der Waals surface area contributed by atoms with Crippen LogP contribution in [-0.4, -0.2) is 74.9 Å². The number of phosphoric acid groups is 1. The molecule has 0 heterocycles. The molecule has 0 radical (unpaired) electrons. The number of quaternary nitrogens is 1. The summed E-state index contributed by atoms with van der Waals surface area (Å²) in [4.78, 5) is 35.3. The van der Waals surface area contributed by atoms with Crippen molar-refractivity contribution in [2.75, 3.05) is 47.5 Å². The lowest BCUT2D eigenvalue weighted by molar-refractivity contribution is -0.870. The number of ether oxygens (including phenoxy) is 2. The summed E-state index contributed by atoms with van der Waals surface area (Å²) in [5.74, 6) is -0.899. The lowest BCUT2D eigenvalue weighted by Crippen LogP contribution is -2.37. The van der Waals surface area contributed by atoms with Crippen LogP contribution in [0.15, 0.2) is 72.9 Å². The van der Waals surface area contributed by atoms with Crippen LogP contribution < -0.4 is 0 Å². The summed E-state index contributed by atoms with van der Waals surface area (Å²) in [6.45, 7) is 4.21. The van der Waals surface area contributed by atoms with Crippen LogP contribution in [0.5, 0.6) is 0 Å². The molecule has 0 aliphatic carbocycles. The maximum absolute atomic E-state index is 12.7. The van der Waals surface area contributed by atoms with Crippen LogP contribution in [0, 0.1) is 0 Å². The monoisotopic (exact) mass is 821 g/mol. The highest BCUT2D eigenvalue weighted by molar-refractivity contribution is 7.47. The van der Waals surface area contributed by atoms with Gasteiger partial charge in [-0.05, 0) is 51.4 Å². The van der Waals surface area contributed by atoms with E-state index in [0.29, 0.717) is 17.4 Å². The third-order valence-electron chi connectivity index (χ3n) is 9.01. The van der Waals surface area contributed by atoms with Gasteiger partial charge in [0.2, 0.25) is 0 Å². The highest BCUT2D eigenvalue weighted by atomic mass is 31.2. The second kappa shape index (κ2) is 38.9. The smallest absolute Gasteiger partial charge is 0.462 e. The van der Waals surface area contributed by atoms with Crippen LogP contribution in [-0.2, 0) is 32.7 Å². The molecule has 0 bridgehead atoms. The molecule has 0 fully saturated rings. The Kier molecular flexibility index (Phi) is 37.2. The third-order valence-corrected chi connectivity index (χ3v) is 10.00. The Balaban J connectivity index is 4.50. The Morgan fingerprint density at radius 3 is 1.46 bits per heavy atom. The summed E-state index contributed by atoms with van der Waals surface area (Å²) in [5.41, 5.74) is 0. The standard InChI is InChI=1S/C47H82NO8P/c1-6-8-10-12-14-16-18-20-22-23-24-25-26-28-30-32-34-36-38-40-47(50)56-45(44-55-57(51,52)54-42-41-48(3,4)5)43-53-46(49)39-37-35-33-31-29-27-21-19-17-15-13-11-9-7-2/h8,10,14,16,20,22,24-25,28,30,34,36,45H,6-7,9,11-13,15,17-19,21,23,26-27,29,31-33,35,37-44H2,1-5H3/p+1/b10-8-,16-14-,22-20-,25-24-,30-28-,36-34-. The SMILES string of the molecule is CC/C=C\C/C=C\C/C=C\C/C=C\C/C=C\C/C=C\CCC(=O)OC(COC(=O)CCCCCCCCCCCCCCCC)COP(=O)(O)OCC[N+](C)(C)C. The first kappa shape index (κ1) is 54.5. The van der Waals surface area contributed by atoms with Gasteiger partial charge in [0.25, 0.3) is 0 Å². The zero-order valence-corrected chi connectivity index (χ0v) is 37.7. The molecule has 10 heteroatoms. The molecular formula is C47H83NO8P+. The Bertz CT molecular complexity index is 1200. The van der Waals surface area contributed by atoms with Gasteiger partial charge in [-0.1, -0.05) is 170 Å². The summed E-state index contributed by atoms with van der Waals surface area (Å²) in [6, 6.07) is 0. The molecule has 0 aromatic rings. The molecule has 57 heavy (non-hydrogen) atoms. The van der Waals surface area contributed by atoms with Crippen LogP contribution in [0.3, 0.4) is 0 Å². The van der Waals surface area contributed by atoms with Crippen molar-refractivity contribution in [3.05, 3.63) is 72.9 Å². The van der Waals surface area contributed by atoms with E-state index in [2.05, 4.69) is 74.6 Å². The molecule has 0 saturated heterocycles. The largest absolute Gasteiger partial charge is 0.472 e. The van der Waals surface area contributed by atoms with E-state index in [1.165, 1.54) is 70.6 Å². The maximum Gasteiger partial charge on any atom is 0.472 e. The van der Waals surface area contributed by atoms with Crippen molar-refractivity contribution in [3.8, 4) is 0 Å². The minimum atomic E-state index is -4.40. The first-order chi connectivity index (χ1) is 27.5. The topological polar surface area (TPSA) is 108 Å². The fraction of sp³-hybridized carbons (Fsp3) is 0.702. The molecule has 0 aromatic heterocycles. The zero-order valence-electron chi connectivity index (χ0n) is 36.8. The molecule has 0 aromatic carbocycles. The van der Waals surface area contributed by atoms with E-state index in [-0.39, 0.29) is 32.0 Å². The van der Waals surface area contributed by atoms with Gasteiger partial charge in [0.05, 0.1) is 27.7 Å². The number of rotatable bonds is 39. The van der Waals surface area contributed by atoms with Crippen molar-refractivity contribution in [3.63, 3.8) is 0 Å². The second-order valence-electron chi connectivity index (χ2n) is 15.7. The van der Waals surface area contributed by atoms with Crippen molar-refractivity contribution in [2.45, 2.75) is 168 Å². The van der Waals surface area contributed by atoms with Gasteiger partial charge in [-0.2, -0.15) is 0 Å². The van der Waals surface area contributed by atoms with Crippen LogP contribution in [0.1, 0.15) is 162 Å². The predicted octanol–water partition coefficient (Wildman–Crippen LogP) is 12.6. The molecule has 0 aliphatic rings. The average molecular weight is 821 g/mol. The van der Waals surface area contributed by atoms with Crippen molar-refractivity contribution in [1.29, 1.82) is 0 Å².